The summed E-state index contributed by atoms with van der Waals surface area (Å²) in [7, 11) is 0. The first kappa shape index (κ1) is 24.5. The van der Waals surface area contributed by atoms with Gasteiger partial charge in [0.05, 0.1) is 24.2 Å². The number of halogens is 4. The van der Waals surface area contributed by atoms with E-state index in [1.54, 1.807) is 37.5 Å². The zero-order valence-corrected chi connectivity index (χ0v) is 20.4. The Morgan fingerprint density at radius 2 is 1.86 bits per heavy atom. The normalized spacial score (nSPS) is 13.9. The average Bonchev–Trinajstić information content (AvgIpc) is 3.10. The molecule has 0 saturated heterocycles. The zero-order valence-electron chi connectivity index (χ0n) is 19.6. The van der Waals surface area contributed by atoms with E-state index in [9.17, 15) is 13.9 Å². The molecule has 0 saturated carbocycles. The van der Waals surface area contributed by atoms with Crippen LogP contribution >= 0.6 is 11.6 Å². The van der Waals surface area contributed by atoms with Crippen molar-refractivity contribution >= 4 is 22.6 Å². The van der Waals surface area contributed by atoms with E-state index in [4.69, 9.17) is 21.1 Å². The molecule has 188 valence electrons. The highest BCUT2D eigenvalue weighted by atomic mass is 35.5. The first-order chi connectivity index (χ1) is 17.0. The number of hydrogen-bond acceptors (Lipinski definition) is 6. The Kier molecular flexibility index (Phi) is 6.14. The van der Waals surface area contributed by atoms with Gasteiger partial charge in [0.25, 0.3) is 0 Å². The first-order valence-corrected chi connectivity index (χ1v) is 11.5. The first-order valence-electron chi connectivity index (χ1n) is 11.1. The van der Waals surface area contributed by atoms with Gasteiger partial charge in [-0.3, -0.25) is 0 Å². The van der Waals surface area contributed by atoms with Gasteiger partial charge in [0, 0.05) is 45.7 Å². The van der Waals surface area contributed by atoms with Crippen molar-refractivity contribution < 1.29 is 27.8 Å². The van der Waals surface area contributed by atoms with Crippen molar-refractivity contribution in [3.05, 3.63) is 69.8 Å². The van der Waals surface area contributed by atoms with Gasteiger partial charge < -0.3 is 19.1 Å². The summed E-state index contributed by atoms with van der Waals surface area (Å²) in [6.45, 7) is 2.05. The molecule has 1 aliphatic rings. The molecule has 0 atom stereocenters. The summed E-state index contributed by atoms with van der Waals surface area (Å²) in [4.78, 5) is 12.8. The van der Waals surface area contributed by atoms with Gasteiger partial charge in [-0.15, -0.1) is 0 Å². The molecular weight excluding hydrogens is 497 g/mol. The third-order valence-electron chi connectivity index (χ3n) is 6.05. The van der Waals surface area contributed by atoms with Crippen molar-refractivity contribution in [3.8, 4) is 16.9 Å². The molecule has 0 radical (unpaired) electrons. The lowest BCUT2D eigenvalue weighted by Crippen LogP contribution is -2.19. The highest BCUT2D eigenvalue weighted by Gasteiger charge is 2.25. The molecule has 0 amide bonds. The van der Waals surface area contributed by atoms with Gasteiger partial charge in [-0.1, -0.05) is 11.6 Å². The molecule has 5 rings (SSSR count). The van der Waals surface area contributed by atoms with Gasteiger partial charge in [-0.2, -0.15) is 8.78 Å². The van der Waals surface area contributed by atoms with Crippen LogP contribution in [0.3, 0.4) is 0 Å². The lowest BCUT2D eigenvalue weighted by atomic mass is 10.0. The van der Waals surface area contributed by atoms with Crippen LogP contribution in [0.25, 0.3) is 22.2 Å². The molecule has 36 heavy (non-hydrogen) atoms. The minimum atomic E-state index is -3.02. The number of aromatic nitrogens is 4. The van der Waals surface area contributed by atoms with Gasteiger partial charge in [0.1, 0.15) is 29.6 Å². The van der Waals surface area contributed by atoms with E-state index in [1.165, 1.54) is 18.5 Å². The number of imidazole rings is 1. The van der Waals surface area contributed by atoms with Gasteiger partial charge in [0.15, 0.2) is 5.82 Å². The summed E-state index contributed by atoms with van der Waals surface area (Å²) in [5.41, 5.74) is 1.78. The Labute approximate surface area is 209 Å². The van der Waals surface area contributed by atoms with Crippen LogP contribution in [0.2, 0.25) is 5.02 Å². The topological polar surface area (TPSA) is 82.3 Å². The van der Waals surface area contributed by atoms with E-state index in [1.807, 2.05) is 0 Å². The molecule has 0 spiro atoms. The molecule has 1 N–H and O–H groups in total. The molecule has 4 aromatic rings. The number of rotatable bonds is 4. The monoisotopic (exact) mass is 518 g/mol. The average molecular weight is 519 g/mol. The summed E-state index contributed by atoms with van der Waals surface area (Å²) in [6.07, 6.45) is 2.87. The molecule has 0 aliphatic carbocycles. The molecular formula is C25H22ClF3N4O3. The molecule has 7 nitrogen and oxygen atoms in total. The number of fused-ring (bicyclic) bond motifs is 4. The number of ether oxygens (including phenoxy) is 2. The van der Waals surface area contributed by atoms with Crippen LogP contribution in [0.4, 0.5) is 13.2 Å². The summed E-state index contributed by atoms with van der Waals surface area (Å²) in [5.74, 6) is 0.201. The van der Waals surface area contributed by atoms with Crippen molar-refractivity contribution in [2.24, 2.45) is 0 Å². The minimum Gasteiger partial charge on any atom is -0.434 e. The number of aliphatic hydroxyl groups is 1. The molecule has 2 aromatic heterocycles. The summed E-state index contributed by atoms with van der Waals surface area (Å²) >= 11 is 6.44. The second-order valence-corrected chi connectivity index (χ2v) is 9.53. The lowest BCUT2D eigenvalue weighted by Gasteiger charge is -2.23. The van der Waals surface area contributed by atoms with Crippen LogP contribution in [0.5, 0.6) is 5.75 Å². The molecule has 0 fully saturated rings. The van der Waals surface area contributed by atoms with Crippen molar-refractivity contribution in [2.45, 2.75) is 52.7 Å². The van der Waals surface area contributed by atoms with E-state index < -0.39 is 18.0 Å². The Morgan fingerprint density at radius 1 is 1.14 bits per heavy atom. The van der Waals surface area contributed by atoms with Gasteiger partial charge in [-0.05, 0) is 38.5 Å². The molecule has 3 heterocycles. The number of hydrogen-bond donors (Lipinski definition) is 1. The fraction of sp³-hybridized carbons (Fsp3) is 0.320. The van der Waals surface area contributed by atoms with Crippen LogP contribution in [0, 0.1) is 12.7 Å². The maximum Gasteiger partial charge on any atom is 0.387 e. The Balaban J connectivity index is 1.66. The Bertz CT molecular complexity index is 1470. The predicted octanol–water partition coefficient (Wildman–Crippen LogP) is 5.50. The standard InChI is InChI=1S/C25H22ClF3N4O3/c1-12-4-17(26)16-10-35-11-21-32-19-6-18(27)14(13-7-30-23(31-8-13)25(2,3)34)5-20(19)33(21)9-15(16)22(12)36-24(28)29/h4-8,24,34H,9-11H2,1-3H3. The number of aryl methyl sites for hydroxylation is 1. The second kappa shape index (κ2) is 9.02. The number of alkyl halides is 2. The van der Waals surface area contributed by atoms with E-state index in [0.717, 1.165) is 0 Å². The van der Waals surface area contributed by atoms with Crippen LogP contribution in [0.15, 0.2) is 30.6 Å². The molecule has 11 heteroatoms. The van der Waals surface area contributed by atoms with Crippen molar-refractivity contribution in [2.75, 3.05) is 0 Å². The van der Waals surface area contributed by atoms with Crippen LogP contribution < -0.4 is 4.74 Å². The molecule has 0 unspecified atom stereocenters. The summed E-state index contributed by atoms with van der Waals surface area (Å²) in [6, 6.07) is 4.48. The number of benzene rings is 2. The third-order valence-corrected chi connectivity index (χ3v) is 6.39. The van der Waals surface area contributed by atoms with Crippen molar-refractivity contribution in [1.82, 2.24) is 19.5 Å². The smallest absolute Gasteiger partial charge is 0.387 e. The second-order valence-electron chi connectivity index (χ2n) is 9.12. The Morgan fingerprint density at radius 3 is 2.53 bits per heavy atom. The van der Waals surface area contributed by atoms with Crippen molar-refractivity contribution in [3.63, 3.8) is 0 Å². The summed E-state index contributed by atoms with van der Waals surface area (Å²) < 4.78 is 54.0. The third kappa shape index (κ3) is 4.40. The Hall–Kier alpha value is -3.21. The maximum absolute atomic E-state index is 15.1. The SMILES string of the molecule is Cc1cc(Cl)c2c(c1OC(F)F)Cn1c(nc3cc(F)c(-c4cnc(C(C)(C)O)nc4)cc31)COC2. The molecule has 1 aliphatic heterocycles. The maximum atomic E-state index is 15.1. The lowest BCUT2D eigenvalue weighted by molar-refractivity contribution is -0.0511. The van der Waals surface area contributed by atoms with E-state index in [-0.39, 0.29) is 36.9 Å². The predicted molar refractivity (Wildman–Crippen MR) is 126 cm³/mol. The van der Waals surface area contributed by atoms with Gasteiger partial charge in [0.2, 0.25) is 0 Å². The highest BCUT2D eigenvalue weighted by Crippen LogP contribution is 2.38. The minimum absolute atomic E-state index is 0.0284. The van der Waals surface area contributed by atoms with Crippen LogP contribution in [0.1, 0.15) is 42.2 Å². The van der Waals surface area contributed by atoms with Gasteiger partial charge in [-0.25, -0.2) is 19.3 Å². The number of nitrogens with zero attached hydrogens (tertiary/aromatic N) is 4. The van der Waals surface area contributed by atoms with E-state index in [0.29, 0.717) is 44.1 Å². The van der Waals surface area contributed by atoms with E-state index in [2.05, 4.69) is 15.0 Å². The summed E-state index contributed by atoms with van der Waals surface area (Å²) in [5, 5.41) is 10.5. The van der Waals surface area contributed by atoms with Gasteiger partial charge >= 0.3 is 6.61 Å². The van der Waals surface area contributed by atoms with Crippen LogP contribution in [-0.4, -0.2) is 31.2 Å². The quantitative estimate of drug-likeness (QED) is 0.384. The highest BCUT2D eigenvalue weighted by molar-refractivity contribution is 6.31. The largest absolute Gasteiger partial charge is 0.434 e. The molecule has 0 bridgehead atoms. The zero-order chi connectivity index (χ0) is 25.8. The van der Waals surface area contributed by atoms with Crippen LogP contribution in [-0.2, 0) is 30.1 Å². The fourth-order valence-corrected chi connectivity index (χ4v) is 4.66. The molecule has 2 aromatic carbocycles. The van der Waals surface area contributed by atoms with Crippen molar-refractivity contribution in [1.29, 1.82) is 0 Å². The van der Waals surface area contributed by atoms with E-state index >= 15 is 4.39 Å². The fourth-order valence-electron chi connectivity index (χ4n) is 4.33.